The van der Waals surface area contributed by atoms with E-state index in [0.717, 1.165) is 32.1 Å². The molecule has 2 spiro atoms. The Morgan fingerprint density at radius 2 is 1.96 bits per heavy atom. The van der Waals surface area contributed by atoms with Gasteiger partial charge < -0.3 is 13.9 Å². The number of hydrogen-bond donors (Lipinski definition) is 0. The Morgan fingerprint density at radius 3 is 2.68 bits per heavy atom. The van der Waals surface area contributed by atoms with E-state index in [4.69, 9.17) is 13.9 Å². The number of carbonyl (C=O) groups excluding carboxylic acids is 1. The molecule has 0 amide bonds. The van der Waals surface area contributed by atoms with Crippen LogP contribution in [0.5, 0.6) is 0 Å². The number of ketones is 1. The molecule has 3 saturated carbocycles. The molecule has 0 aromatic carbocycles. The SMILES string of the molecule is CC(C)(C)[Si](C)(C)OC1C2CC[C@@]34O[C@@H]3C(=O)CCC14CC1OC1C2. The number of ether oxygens (including phenoxy) is 2. The van der Waals surface area contributed by atoms with Crippen LogP contribution in [0.1, 0.15) is 59.3 Å². The molecule has 2 saturated heterocycles. The van der Waals surface area contributed by atoms with Crippen molar-refractivity contribution in [2.75, 3.05) is 0 Å². The Hall–Kier alpha value is -0.233. The minimum Gasteiger partial charge on any atom is -0.413 e. The zero-order valence-corrected chi connectivity index (χ0v) is 17.3. The van der Waals surface area contributed by atoms with Crippen LogP contribution in [-0.2, 0) is 18.7 Å². The van der Waals surface area contributed by atoms with Crippen LogP contribution in [0.3, 0.4) is 0 Å². The number of hydrogen-bond acceptors (Lipinski definition) is 4. The van der Waals surface area contributed by atoms with Crippen molar-refractivity contribution in [3.63, 3.8) is 0 Å². The van der Waals surface area contributed by atoms with Crippen LogP contribution in [0.2, 0.25) is 18.1 Å². The fourth-order valence-electron chi connectivity index (χ4n) is 5.95. The van der Waals surface area contributed by atoms with Crippen molar-refractivity contribution in [1.82, 2.24) is 0 Å². The van der Waals surface area contributed by atoms with E-state index in [0.29, 0.717) is 30.3 Å². The van der Waals surface area contributed by atoms with Gasteiger partial charge in [-0.2, -0.15) is 0 Å². The first kappa shape index (κ1) is 16.9. The average molecular weight is 365 g/mol. The van der Waals surface area contributed by atoms with Crippen LogP contribution in [0, 0.1) is 11.3 Å². The summed E-state index contributed by atoms with van der Waals surface area (Å²) in [5.41, 5.74) is -0.230. The molecule has 5 rings (SSSR count). The van der Waals surface area contributed by atoms with E-state index in [1.807, 2.05) is 0 Å². The lowest BCUT2D eigenvalue weighted by Crippen LogP contribution is -2.62. The molecule has 2 bridgehead atoms. The number of fused-ring (bicyclic) bond motifs is 2. The number of Topliss-reactive ketones (excluding diaryl/α,β-unsaturated/α-hetero) is 1. The molecule has 5 heteroatoms. The maximum Gasteiger partial charge on any atom is 0.192 e. The molecule has 5 aliphatic rings. The Balaban J connectivity index is 1.56. The summed E-state index contributed by atoms with van der Waals surface area (Å²) < 4.78 is 19.4. The first-order valence-electron chi connectivity index (χ1n) is 10.1. The normalized spacial score (nSPS) is 51.1. The van der Waals surface area contributed by atoms with Gasteiger partial charge in [0.05, 0.1) is 18.3 Å². The van der Waals surface area contributed by atoms with Crippen LogP contribution in [0.4, 0.5) is 0 Å². The van der Waals surface area contributed by atoms with E-state index in [9.17, 15) is 4.79 Å². The summed E-state index contributed by atoms with van der Waals surface area (Å²) in [6.07, 6.45) is 6.85. The number of epoxide rings is 2. The highest BCUT2D eigenvalue weighted by atomic mass is 28.4. The molecule has 7 atom stereocenters. The molecule has 0 radical (unpaired) electrons. The maximum atomic E-state index is 12.4. The minimum atomic E-state index is -1.88. The Kier molecular flexibility index (Phi) is 3.23. The average Bonchev–Trinajstić information content (AvgIpc) is 3.38. The summed E-state index contributed by atoms with van der Waals surface area (Å²) in [6.45, 7) is 11.7. The molecule has 0 N–H and O–H groups in total. The van der Waals surface area contributed by atoms with Crippen LogP contribution < -0.4 is 0 Å². The van der Waals surface area contributed by atoms with Crippen LogP contribution >= 0.6 is 0 Å². The van der Waals surface area contributed by atoms with Crippen LogP contribution in [-0.4, -0.2) is 44.1 Å². The lowest BCUT2D eigenvalue weighted by molar-refractivity contribution is -0.132. The van der Waals surface area contributed by atoms with Gasteiger partial charge in [-0.05, 0) is 56.2 Å². The van der Waals surface area contributed by atoms with Gasteiger partial charge in [0, 0.05) is 11.8 Å². The van der Waals surface area contributed by atoms with Crippen LogP contribution in [0.25, 0.3) is 0 Å². The molecule has 0 aromatic heterocycles. The molecule has 140 valence electrons. The smallest absolute Gasteiger partial charge is 0.192 e. The predicted molar refractivity (Wildman–Crippen MR) is 97.0 cm³/mol. The summed E-state index contributed by atoms with van der Waals surface area (Å²) >= 11 is 0. The summed E-state index contributed by atoms with van der Waals surface area (Å²) in [5, 5.41) is 0.200. The van der Waals surface area contributed by atoms with E-state index < -0.39 is 8.32 Å². The van der Waals surface area contributed by atoms with Crippen molar-refractivity contribution in [1.29, 1.82) is 0 Å². The third-order valence-corrected chi connectivity index (χ3v) is 13.0. The summed E-state index contributed by atoms with van der Waals surface area (Å²) in [6, 6.07) is 0. The second kappa shape index (κ2) is 4.78. The lowest BCUT2D eigenvalue weighted by Gasteiger charge is -2.55. The number of rotatable bonds is 2. The lowest BCUT2D eigenvalue weighted by atomic mass is 9.54. The summed E-state index contributed by atoms with van der Waals surface area (Å²) in [4.78, 5) is 12.4. The van der Waals surface area contributed by atoms with Crippen molar-refractivity contribution in [2.24, 2.45) is 11.3 Å². The third-order valence-electron chi connectivity index (χ3n) is 8.52. The minimum absolute atomic E-state index is 0.0000694. The van der Waals surface area contributed by atoms with Crippen molar-refractivity contribution in [3.05, 3.63) is 0 Å². The molecule has 2 heterocycles. The highest BCUT2D eigenvalue weighted by Crippen LogP contribution is 2.70. The highest BCUT2D eigenvalue weighted by molar-refractivity contribution is 6.74. The molecule has 0 aromatic rings. The van der Waals surface area contributed by atoms with Crippen molar-refractivity contribution in [2.45, 2.75) is 107 Å². The van der Waals surface area contributed by atoms with E-state index >= 15 is 0 Å². The van der Waals surface area contributed by atoms with Gasteiger partial charge in [0.25, 0.3) is 0 Å². The Labute approximate surface area is 152 Å². The maximum absolute atomic E-state index is 12.4. The summed E-state index contributed by atoms with van der Waals surface area (Å²) in [7, 11) is -1.88. The second-order valence-electron chi connectivity index (χ2n) is 10.8. The van der Waals surface area contributed by atoms with Crippen molar-refractivity contribution < 1.29 is 18.7 Å². The number of carbonyl (C=O) groups is 1. The molecule has 5 unspecified atom stereocenters. The van der Waals surface area contributed by atoms with Crippen LogP contribution in [0.15, 0.2) is 0 Å². The first-order valence-corrected chi connectivity index (χ1v) is 13.0. The zero-order valence-electron chi connectivity index (χ0n) is 16.3. The largest absolute Gasteiger partial charge is 0.413 e. The van der Waals surface area contributed by atoms with E-state index in [2.05, 4.69) is 33.9 Å². The zero-order chi connectivity index (χ0) is 17.8. The molecule has 3 aliphatic carbocycles. The van der Waals surface area contributed by atoms with E-state index in [1.165, 1.54) is 0 Å². The van der Waals surface area contributed by atoms with Gasteiger partial charge in [-0.25, -0.2) is 0 Å². The van der Waals surface area contributed by atoms with Gasteiger partial charge in [0.1, 0.15) is 11.7 Å². The molecule has 4 nitrogen and oxygen atoms in total. The van der Waals surface area contributed by atoms with Gasteiger partial charge in [0.2, 0.25) is 0 Å². The van der Waals surface area contributed by atoms with Gasteiger partial charge in [-0.3, -0.25) is 4.79 Å². The van der Waals surface area contributed by atoms with Crippen molar-refractivity contribution in [3.8, 4) is 0 Å². The van der Waals surface area contributed by atoms with Gasteiger partial charge >= 0.3 is 0 Å². The molecule has 5 fully saturated rings. The predicted octanol–water partition coefficient (Wildman–Crippen LogP) is 3.83. The van der Waals surface area contributed by atoms with Crippen molar-refractivity contribution >= 4 is 14.1 Å². The topological polar surface area (TPSA) is 51.4 Å². The summed E-state index contributed by atoms with van der Waals surface area (Å²) in [5.74, 6) is 0.892. The molecular formula is C20H32O4Si. The second-order valence-corrected chi connectivity index (χ2v) is 15.5. The van der Waals surface area contributed by atoms with Gasteiger partial charge in [-0.15, -0.1) is 0 Å². The fourth-order valence-corrected chi connectivity index (χ4v) is 7.36. The fraction of sp³-hybridized carbons (Fsp3) is 0.950. The Morgan fingerprint density at radius 1 is 1.20 bits per heavy atom. The first-order chi connectivity index (χ1) is 11.6. The van der Waals surface area contributed by atoms with Gasteiger partial charge in [-0.1, -0.05) is 20.8 Å². The van der Waals surface area contributed by atoms with E-state index in [-0.39, 0.29) is 28.3 Å². The third kappa shape index (κ3) is 2.13. The monoisotopic (exact) mass is 364 g/mol. The molecule has 2 aliphatic heterocycles. The molecular weight excluding hydrogens is 332 g/mol. The van der Waals surface area contributed by atoms with Gasteiger partial charge in [0.15, 0.2) is 14.1 Å². The highest BCUT2D eigenvalue weighted by Gasteiger charge is 2.79. The standard InChI is InChI=1S/C20H32O4Si/c1-18(2,3)25(4,5)24-16-12-6-9-20-17(23-20)13(21)7-8-19(16,20)11-15-14(10-12)22-15/h12,14-17H,6-11H2,1-5H3/t12?,14?,15?,16?,17-,19?,20-/m1/s1. The Bertz CT molecular complexity index is 626. The quantitative estimate of drug-likeness (QED) is 0.552. The molecule has 25 heavy (non-hydrogen) atoms. The van der Waals surface area contributed by atoms with E-state index in [1.54, 1.807) is 0 Å².